The molecule has 27 heavy (non-hydrogen) atoms. The van der Waals surface area contributed by atoms with Gasteiger partial charge in [0.2, 0.25) is 0 Å². The van der Waals surface area contributed by atoms with Gasteiger partial charge in [0.1, 0.15) is 5.75 Å². The largest absolute Gasteiger partial charge is 0.484 e. The number of anilines is 2. The summed E-state index contributed by atoms with van der Waals surface area (Å²) in [4.78, 5) is 12.0. The first-order chi connectivity index (χ1) is 13.1. The second-order valence-electron chi connectivity index (χ2n) is 6.16. The topological polar surface area (TPSA) is 50.4 Å². The molecule has 0 saturated carbocycles. The van der Waals surface area contributed by atoms with Crippen molar-refractivity contribution >= 4 is 33.2 Å². The molecule has 0 atom stereocenters. The lowest BCUT2D eigenvalue weighted by molar-refractivity contribution is -0.118. The fourth-order valence-electron chi connectivity index (χ4n) is 2.64. The molecule has 4 nitrogen and oxygen atoms in total. The Morgan fingerprint density at radius 3 is 2.59 bits per heavy atom. The average molecular weight is 425 g/mol. The number of amides is 1. The normalized spacial score (nSPS) is 10.3. The van der Waals surface area contributed by atoms with Gasteiger partial charge >= 0.3 is 0 Å². The van der Waals surface area contributed by atoms with Crippen LogP contribution < -0.4 is 15.4 Å². The van der Waals surface area contributed by atoms with E-state index in [2.05, 4.69) is 39.6 Å². The molecule has 0 fully saturated rings. The minimum atomic E-state index is -0.185. The van der Waals surface area contributed by atoms with E-state index in [9.17, 15) is 4.79 Å². The lowest BCUT2D eigenvalue weighted by atomic mass is 10.1. The number of hydrogen-bond donors (Lipinski definition) is 2. The molecule has 0 aliphatic carbocycles. The SMILES string of the molecule is Cc1cc(Br)ccc1NCc1cccc(OCC(=O)Nc2ccccc2)c1. The summed E-state index contributed by atoms with van der Waals surface area (Å²) in [6, 6.07) is 23.2. The van der Waals surface area contributed by atoms with E-state index in [1.54, 1.807) is 0 Å². The third kappa shape index (κ3) is 5.86. The minimum absolute atomic E-state index is 0.0302. The second-order valence-corrected chi connectivity index (χ2v) is 7.08. The van der Waals surface area contributed by atoms with Gasteiger partial charge in [-0.3, -0.25) is 4.79 Å². The van der Waals surface area contributed by atoms with Gasteiger partial charge in [-0.15, -0.1) is 0 Å². The van der Waals surface area contributed by atoms with Gasteiger partial charge in [0, 0.05) is 22.4 Å². The van der Waals surface area contributed by atoms with Gasteiger partial charge in [-0.2, -0.15) is 0 Å². The average Bonchev–Trinajstić information content (AvgIpc) is 2.67. The first-order valence-electron chi connectivity index (χ1n) is 8.67. The number of benzene rings is 3. The minimum Gasteiger partial charge on any atom is -0.484 e. The number of carbonyl (C=O) groups is 1. The van der Waals surface area contributed by atoms with Crippen molar-refractivity contribution in [3.8, 4) is 5.75 Å². The van der Waals surface area contributed by atoms with E-state index in [4.69, 9.17) is 4.74 Å². The van der Waals surface area contributed by atoms with Crippen molar-refractivity contribution in [2.24, 2.45) is 0 Å². The molecule has 0 bridgehead atoms. The summed E-state index contributed by atoms with van der Waals surface area (Å²) < 4.78 is 6.69. The fourth-order valence-corrected chi connectivity index (χ4v) is 3.11. The molecule has 0 unspecified atom stereocenters. The van der Waals surface area contributed by atoms with E-state index in [1.165, 1.54) is 5.56 Å². The summed E-state index contributed by atoms with van der Waals surface area (Å²) >= 11 is 3.47. The first-order valence-corrected chi connectivity index (χ1v) is 9.46. The molecular weight excluding hydrogens is 404 g/mol. The summed E-state index contributed by atoms with van der Waals surface area (Å²) in [6.45, 7) is 2.71. The van der Waals surface area contributed by atoms with Gasteiger partial charge in [-0.25, -0.2) is 0 Å². The Labute approximate surface area is 167 Å². The molecule has 0 radical (unpaired) electrons. The highest BCUT2D eigenvalue weighted by molar-refractivity contribution is 9.10. The predicted octanol–water partition coefficient (Wildman–Crippen LogP) is 5.39. The summed E-state index contributed by atoms with van der Waals surface area (Å²) in [5, 5.41) is 6.23. The van der Waals surface area contributed by atoms with Crippen molar-refractivity contribution in [2.75, 3.05) is 17.2 Å². The van der Waals surface area contributed by atoms with Crippen LogP contribution in [0.2, 0.25) is 0 Å². The second kappa shape index (κ2) is 9.24. The van der Waals surface area contributed by atoms with Gasteiger partial charge in [0.15, 0.2) is 6.61 Å². The molecule has 0 spiro atoms. The van der Waals surface area contributed by atoms with Crippen LogP contribution in [0.3, 0.4) is 0 Å². The van der Waals surface area contributed by atoms with Gasteiger partial charge in [0.05, 0.1) is 0 Å². The quantitative estimate of drug-likeness (QED) is 0.534. The molecule has 3 aromatic carbocycles. The first kappa shape index (κ1) is 19.0. The molecule has 2 N–H and O–H groups in total. The number of hydrogen-bond acceptors (Lipinski definition) is 3. The van der Waals surface area contributed by atoms with E-state index >= 15 is 0 Å². The number of carbonyl (C=O) groups excluding carboxylic acids is 1. The number of para-hydroxylation sites is 1. The monoisotopic (exact) mass is 424 g/mol. The third-order valence-electron chi connectivity index (χ3n) is 4.00. The molecule has 3 aromatic rings. The van der Waals surface area contributed by atoms with Crippen molar-refractivity contribution in [3.63, 3.8) is 0 Å². The highest BCUT2D eigenvalue weighted by Crippen LogP contribution is 2.21. The van der Waals surface area contributed by atoms with Crippen molar-refractivity contribution in [2.45, 2.75) is 13.5 Å². The van der Waals surface area contributed by atoms with Crippen LogP contribution in [0, 0.1) is 6.92 Å². The van der Waals surface area contributed by atoms with Crippen LogP contribution in [0.4, 0.5) is 11.4 Å². The van der Waals surface area contributed by atoms with Crippen molar-refractivity contribution < 1.29 is 9.53 Å². The van der Waals surface area contributed by atoms with E-state index in [1.807, 2.05) is 66.7 Å². The molecule has 0 aliphatic heterocycles. The predicted molar refractivity (Wildman–Crippen MR) is 113 cm³/mol. The highest BCUT2D eigenvalue weighted by Gasteiger charge is 2.05. The molecule has 0 aliphatic rings. The van der Waals surface area contributed by atoms with E-state index in [0.717, 1.165) is 21.4 Å². The van der Waals surface area contributed by atoms with Gasteiger partial charge in [0.25, 0.3) is 5.91 Å². The molecular formula is C22H21BrN2O2. The smallest absolute Gasteiger partial charge is 0.262 e. The van der Waals surface area contributed by atoms with Crippen LogP contribution in [0.1, 0.15) is 11.1 Å². The van der Waals surface area contributed by atoms with Crippen LogP contribution in [-0.4, -0.2) is 12.5 Å². The molecule has 0 heterocycles. The standard InChI is InChI=1S/C22H21BrN2O2/c1-16-12-18(23)10-11-21(16)24-14-17-6-5-9-20(13-17)27-15-22(26)25-19-7-3-2-4-8-19/h2-13,24H,14-15H2,1H3,(H,25,26). The van der Waals surface area contributed by atoms with Crippen LogP contribution >= 0.6 is 15.9 Å². The zero-order valence-electron chi connectivity index (χ0n) is 15.0. The summed E-state index contributed by atoms with van der Waals surface area (Å²) in [5.41, 5.74) is 4.10. The van der Waals surface area contributed by atoms with E-state index in [0.29, 0.717) is 12.3 Å². The summed E-state index contributed by atoms with van der Waals surface area (Å²) in [5.74, 6) is 0.486. The number of halogens is 1. The Morgan fingerprint density at radius 2 is 1.81 bits per heavy atom. The maximum Gasteiger partial charge on any atom is 0.262 e. The zero-order chi connectivity index (χ0) is 19.1. The number of rotatable bonds is 7. The van der Waals surface area contributed by atoms with E-state index < -0.39 is 0 Å². The number of nitrogens with one attached hydrogen (secondary N) is 2. The molecule has 3 rings (SSSR count). The third-order valence-corrected chi connectivity index (χ3v) is 4.49. The van der Waals surface area contributed by atoms with Gasteiger partial charge in [-0.1, -0.05) is 46.3 Å². The Hall–Kier alpha value is -2.79. The highest BCUT2D eigenvalue weighted by atomic mass is 79.9. The van der Waals surface area contributed by atoms with Crippen LogP contribution in [0.25, 0.3) is 0 Å². The van der Waals surface area contributed by atoms with Crippen LogP contribution in [0.5, 0.6) is 5.75 Å². The molecule has 5 heteroatoms. The lowest BCUT2D eigenvalue weighted by Crippen LogP contribution is -2.20. The molecule has 0 aromatic heterocycles. The zero-order valence-corrected chi connectivity index (χ0v) is 16.6. The summed E-state index contributed by atoms with van der Waals surface area (Å²) in [7, 11) is 0. The van der Waals surface area contributed by atoms with Crippen molar-refractivity contribution in [1.29, 1.82) is 0 Å². The Kier molecular flexibility index (Phi) is 6.49. The van der Waals surface area contributed by atoms with Crippen LogP contribution in [0.15, 0.2) is 77.3 Å². The maximum atomic E-state index is 12.0. The molecule has 1 amide bonds. The molecule has 0 saturated heterocycles. The maximum absolute atomic E-state index is 12.0. The Bertz CT molecular complexity index is 913. The lowest BCUT2D eigenvalue weighted by Gasteiger charge is -2.12. The van der Waals surface area contributed by atoms with Gasteiger partial charge < -0.3 is 15.4 Å². The number of ether oxygens (including phenoxy) is 1. The van der Waals surface area contributed by atoms with Crippen molar-refractivity contribution in [1.82, 2.24) is 0 Å². The van der Waals surface area contributed by atoms with E-state index in [-0.39, 0.29) is 12.5 Å². The van der Waals surface area contributed by atoms with Crippen molar-refractivity contribution in [3.05, 3.63) is 88.4 Å². The van der Waals surface area contributed by atoms with Gasteiger partial charge in [-0.05, 0) is 60.5 Å². The Morgan fingerprint density at radius 1 is 1.00 bits per heavy atom. The fraction of sp³-hybridized carbons (Fsp3) is 0.136. The molecule has 138 valence electrons. The number of aryl methyl sites for hydroxylation is 1. The Balaban J connectivity index is 1.53. The summed E-state index contributed by atoms with van der Waals surface area (Å²) in [6.07, 6.45) is 0. The van der Waals surface area contributed by atoms with Crippen LogP contribution in [-0.2, 0) is 11.3 Å².